The molecule has 1 heterocycles. The maximum atomic E-state index is 12.3. The first-order valence-corrected chi connectivity index (χ1v) is 7.67. The summed E-state index contributed by atoms with van der Waals surface area (Å²) in [4.78, 5) is 16.3. The molecule has 0 bridgehead atoms. The molecule has 118 valence electrons. The number of amides is 1. The van der Waals surface area contributed by atoms with Crippen molar-refractivity contribution in [3.8, 4) is 0 Å². The van der Waals surface area contributed by atoms with Crippen LogP contribution in [-0.4, -0.2) is 67.2 Å². The van der Waals surface area contributed by atoms with E-state index in [0.717, 1.165) is 13.0 Å². The zero-order valence-electron chi connectivity index (χ0n) is 13.6. The van der Waals surface area contributed by atoms with Crippen molar-refractivity contribution in [1.82, 2.24) is 9.80 Å². The average Bonchev–Trinajstić information content (AvgIpc) is 2.34. The van der Waals surface area contributed by atoms with Crippen molar-refractivity contribution in [2.75, 3.05) is 33.2 Å². The van der Waals surface area contributed by atoms with Crippen LogP contribution < -0.4 is 5.73 Å². The number of likely N-dealkylation sites (N-methyl/N-ethyl adjacent to an activating group) is 1. The van der Waals surface area contributed by atoms with Gasteiger partial charge in [-0.3, -0.25) is 9.69 Å². The summed E-state index contributed by atoms with van der Waals surface area (Å²) in [5, 5.41) is 0. The lowest BCUT2D eigenvalue weighted by molar-refractivity contribution is -0.144. The molecule has 1 fully saturated rings. The van der Waals surface area contributed by atoms with Gasteiger partial charge in [-0.05, 0) is 39.8 Å². The number of morpholine rings is 1. The molecule has 1 amide bonds. The highest BCUT2D eigenvalue weighted by Crippen LogP contribution is 2.11. The summed E-state index contributed by atoms with van der Waals surface area (Å²) in [6.45, 7) is 11.0. The average molecular weight is 285 g/mol. The molecule has 0 aliphatic carbocycles. The van der Waals surface area contributed by atoms with Crippen LogP contribution in [0.15, 0.2) is 0 Å². The van der Waals surface area contributed by atoms with Crippen LogP contribution in [0.2, 0.25) is 0 Å². The molecule has 0 saturated carbocycles. The lowest BCUT2D eigenvalue weighted by Gasteiger charge is -2.36. The third kappa shape index (κ3) is 5.77. The lowest BCUT2D eigenvalue weighted by Crippen LogP contribution is -2.50. The molecule has 1 aliphatic heterocycles. The van der Waals surface area contributed by atoms with E-state index in [1.165, 1.54) is 0 Å². The van der Waals surface area contributed by atoms with Gasteiger partial charge in [0.1, 0.15) is 0 Å². The lowest BCUT2D eigenvalue weighted by atomic mass is 10.0. The third-order valence-corrected chi connectivity index (χ3v) is 3.88. The summed E-state index contributed by atoms with van der Waals surface area (Å²) in [5.41, 5.74) is 6.04. The molecule has 3 unspecified atom stereocenters. The van der Waals surface area contributed by atoms with Crippen LogP contribution in [0.3, 0.4) is 0 Å². The smallest absolute Gasteiger partial charge is 0.236 e. The van der Waals surface area contributed by atoms with E-state index in [1.807, 2.05) is 25.8 Å². The Morgan fingerprint density at radius 2 is 1.90 bits per heavy atom. The Labute approximate surface area is 123 Å². The second-order valence-electron chi connectivity index (χ2n) is 6.49. The van der Waals surface area contributed by atoms with Crippen molar-refractivity contribution < 1.29 is 9.53 Å². The van der Waals surface area contributed by atoms with Crippen molar-refractivity contribution in [1.29, 1.82) is 0 Å². The highest BCUT2D eigenvalue weighted by atomic mass is 16.5. The number of ether oxygens (including phenoxy) is 1. The maximum absolute atomic E-state index is 12.3. The quantitative estimate of drug-likeness (QED) is 0.788. The Bertz CT molecular complexity index is 299. The minimum Gasteiger partial charge on any atom is -0.372 e. The van der Waals surface area contributed by atoms with Gasteiger partial charge in [0.25, 0.3) is 0 Å². The van der Waals surface area contributed by atoms with E-state index in [2.05, 4.69) is 18.7 Å². The van der Waals surface area contributed by atoms with Crippen molar-refractivity contribution in [2.45, 2.75) is 52.4 Å². The molecular weight excluding hydrogens is 254 g/mol. The summed E-state index contributed by atoms with van der Waals surface area (Å²) in [5.74, 6) is 0.674. The summed E-state index contributed by atoms with van der Waals surface area (Å²) in [6.07, 6.45) is 1.18. The number of nitrogens with two attached hydrogens (primary N) is 1. The molecule has 1 aliphatic rings. The number of carbonyl (C=O) groups is 1. The van der Waals surface area contributed by atoms with E-state index >= 15 is 0 Å². The Balaban J connectivity index is 2.33. The number of rotatable bonds is 6. The van der Waals surface area contributed by atoms with Gasteiger partial charge in [0, 0.05) is 19.1 Å². The largest absolute Gasteiger partial charge is 0.372 e. The molecular formula is C15H31N3O2. The molecule has 0 radical (unpaired) electrons. The van der Waals surface area contributed by atoms with Crippen LogP contribution in [-0.2, 0) is 9.53 Å². The maximum Gasteiger partial charge on any atom is 0.236 e. The van der Waals surface area contributed by atoms with Crippen LogP contribution in [0.25, 0.3) is 0 Å². The minimum atomic E-state index is 0.127. The first-order valence-electron chi connectivity index (χ1n) is 7.67. The highest BCUT2D eigenvalue weighted by molar-refractivity contribution is 5.78. The molecule has 2 N–H and O–H groups in total. The predicted octanol–water partition coefficient (Wildman–Crippen LogP) is 0.927. The topological polar surface area (TPSA) is 58.8 Å². The second-order valence-corrected chi connectivity index (χ2v) is 6.49. The molecule has 0 aromatic heterocycles. The van der Waals surface area contributed by atoms with Gasteiger partial charge in [0.15, 0.2) is 0 Å². The minimum absolute atomic E-state index is 0.127. The molecule has 20 heavy (non-hydrogen) atoms. The van der Waals surface area contributed by atoms with E-state index < -0.39 is 0 Å². The molecule has 5 heteroatoms. The van der Waals surface area contributed by atoms with Gasteiger partial charge in [0.2, 0.25) is 5.91 Å². The predicted molar refractivity (Wildman–Crippen MR) is 81.5 cm³/mol. The summed E-state index contributed by atoms with van der Waals surface area (Å²) in [7, 11) is 1.98. The Morgan fingerprint density at radius 1 is 1.35 bits per heavy atom. The van der Waals surface area contributed by atoms with Crippen LogP contribution in [0.4, 0.5) is 0 Å². The van der Waals surface area contributed by atoms with Gasteiger partial charge < -0.3 is 15.4 Å². The molecule has 1 saturated heterocycles. The van der Waals surface area contributed by atoms with Crippen LogP contribution in [0.1, 0.15) is 34.1 Å². The van der Waals surface area contributed by atoms with Gasteiger partial charge in [0.05, 0.1) is 18.8 Å². The number of hydrogen-bond acceptors (Lipinski definition) is 4. The van der Waals surface area contributed by atoms with Crippen LogP contribution in [0.5, 0.6) is 0 Å². The molecule has 0 aromatic rings. The Hall–Kier alpha value is -0.650. The molecule has 0 spiro atoms. The third-order valence-electron chi connectivity index (χ3n) is 3.88. The van der Waals surface area contributed by atoms with E-state index in [1.54, 1.807) is 0 Å². The van der Waals surface area contributed by atoms with Gasteiger partial charge in [-0.15, -0.1) is 0 Å². The summed E-state index contributed by atoms with van der Waals surface area (Å²) < 4.78 is 5.65. The van der Waals surface area contributed by atoms with Crippen LogP contribution >= 0.6 is 0 Å². The van der Waals surface area contributed by atoms with Crippen molar-refractivity contribution >= 4 is 5.91 Å². The van der Waals surface area contributed by atoms with E-state index in [-0.39, 0.29) is 24.2 Å². The molecule has 1 rings (SSSR count). The second kappa shape index (κ2) is 7.96. The van der Waals surface area contributed by atoms with Gasteiger partial charge in [-0.25, -0.2) is 0 Å². The number of carbonyl (C=O) groups excluding carboxylic acids is 1. The standard InChI is InChI=1S/C15H31N3O2/c1-11(2)14(16)6-7-17(5)10-15(19)18-8-12(3)20-13(4)9-18/h11-14H,6-10,16H2,1-5H3. The zero-order valence-corrected chi connectivity index (χ0v) is 13.6. The SMILES string of the molecule is CC1CN(C(=O)CN(C)CCC(N)C(C)C)CC(C)O1. The van der Waals surface area contributed by atoms with Gasteiger partial charge in [-0.2, -0.15) is 0 Å². The summed E-state index contributed by atoms with van der Waals surface area (Å²) in [6, 6.07) is 0.205. The van der Waals surface area contributed by atoms with Crippen molar-refractivity contribution in [2.24, 2.45) is 11.7 Å². The monoisotopic (exact) mass is 285 g/mol. The number of nitrogens with zero attached hydrogens (tertiary/aromatic N) is 2. The normalized spacial score (nSPS) is 25.3. The fourth-order valence-electron chi connectivity index (χ4n) is 2.49. The van der Waals surface area contributed by atoms with Gasteiger partial charge >= 0.3 is 0 Å². The van der Waals surface area contributed by atoms with Crippen molar-refractivity contribution in [3.63, 3.8) is 0 Å². The van der Waals surface area contributed by atoms with Gasteiger partial charge in [-0.1, -0.05) is 13.8 Å². The van der Waals surface area contributed by atoms with Crippen LogP contribution in [0, 0.1) is 5.92 Å². The first-order chi connectivity index (χ1) is 9.29. The Morgan fingerprint density at radius 3 is 2.40 bits per heavy atom. The highest BCUT2D eigenvalue weighted by Gasteiger charge is 2.26. The van der Waals surface area contributed by atoms with E-state index in [9.17, 15) is 4.79 Å². The van der Waals surface area contributed by atoms with Crippen molar-refractivity contribution in [3.05, 3.63) is 0 Å². The summed E-state index contributed by atoms with van der Waals surface area (Å²) >= 11 is 0. The van der Waals surface area contributed by atoms with E-state index in [0.29, 0.717) is 25.6 Å². The number of hydrogen-bond donors (Lipinski definition) is 1. The van der Waals surface area contributed by atoms with E-state index in [4.69, 9.17) is 10.5 Å². The molecule has 5 nitrogen and oxygen atoms in total. The molecule has 0 aromatic carbocycles. The first kappa shape index (κ1) is 17.4. The Kier molecular flexibility index (Phi) is 6.92. The molecule has 3 atom stereocenters. The fourth-order valence-corrected chi connectivity index (χ4v) is 2.49. The fraction of sp³-hybridized carbons (Fsp3) is 0.933. The zero-order chi connectivity index (χ0) is 15.3.